The molecule has 2 aromatic rings. The highest BCUT2D eigenvalue weighted by molar-refractivity contribution is 6.26. The number of hydrogen-bond acceptors (Lipinski definition) is 4. The largest absolute Gasteiger partial charge is 0.398 e. The van der Waals surface area contributed by atoms with Crippen molar-refractivity contribution in [2.24, 2.45) is 0 Å². The number of nitrogen functional groups attached to an aromatic ring is 1. The second kappa shape index (κ2) is 4.81. The third-order valence-corrected chi connectivity index (χ3v) is 4.65. The lowest BCUT2D eigenvalue weighted by Crippen LogP contribution is -2.50. The Morgan fingerprint density at radius 3 is 2.41 bits per heavy atom. The third-order valence-electron chi connectivity index (χ3n) is 4.65. The minimum Gasteiger partial charge on any atom is -0.398 e. The summed E-state index contributed by atoms with van der Waals surface area (Å²) in [7, 11) is 0. The van der Waals surface area contributed by atoms with Gasteiger partial charge in [-0.3, -0.25) is 14.5 Å². The summed E-state index contributed by atoms with van der Waals surface area (Å²) in [6, 6.07) is 8.93. The number of nitrogens with two attached hydrogens (primary N) is 1. The molecular formula is C17H17N3O2. The lowest BCUT2D eigenvalue weighted by Gasteiger charge is -2.36. The molecule has 2 amide bonds. The van der Waals surface area contributed by atoms with E-state index in [1.54, 1.807) is 18.2 Å². The fraction of sp³-hybridized carbons (Fsp3) is 0.294. The van der Waals surface area contributed by atoms with Gasteiger partial charge in [0.2, 0.25) is 0 Å². The maximum Gasteiger partial charge on any atom is 0.261 e. The van der Waals surface area contributed by atoms with Gasteiger partial charge in [-0.2, -0.15) is 0 Å². The lowest BCUT2D eigenvalue weighted by atomic mass is 9.91. The number of nitrogens with one attached hydrogen (secondary N) is 1. The van der Waals surface area contributed by atoms with Crippen molar-refractivity contribution < 1.29 is 9.59 Å². The number of piperidine rings is 1. The Hall–Kier alpha value is -2.40. The topological polar surface area (TPSA) is 75.4 Å². The fourth-order valence-corrected chi connectivity index (χ4v) is 3.53. The molecule has 0 radical (unpaired) electrons. The number of hydrogen-bond donors (Lipinski definition) is 2. The summed E-state index contributed by atoms with van der Waals surface area (Å²) in [5.41, 5.74) is 7.75. The van der Waals surface area contributed by atoms with Crippen LogP contribution in [0.25, 0.3) is 10.8 Å². The van der Waals surface area contributed by atoms with Crippen molar-refractivity contribution in [3.05, 3.63) is 41.5 Å². The molecule has 4 rings (SSSR count). The minimum atomic E-state index is -0.194. The average molecular weight is 295 g/mol. The molecular weight excluding hydrogens is 278 g/mol. The van der Waals surface area contributed by atoms with Crippen LogP contribution in [-0.4, -0.2) is 35.8 Å². The monoisotopic (exact) mass is 295 g/mol. The zero-order valence-corrected chi connectivity index (χ0v) is 12.1. The molecule has 5 nitrogen and oxygen atoms in total. The van der Waals surface area contributed by atoms with Crippen LogP contribution in [0.2, 0.25) is 0 Å². The van der Waals surface area contributed by atoms with E-state index < -0.39 is 0 Å². The van der Waals surface area contributed by atoms with Gasteiger partial charge in [0.05, 0.1) is 0 Å². The molecule has 2 aromatic carbocycles. The van der Waals surface area contributed by atoms with Crippen molar-refractivity contribution in [2.45, 2.75) is 18.9 Å². The van der Waals surface area contributed by atoms with E-state index in [2.05, 4.69) is 5.32 Å². The second-order valence-corrected chi connectivity index (χ2v) is 5.89. The molecule has 0 saturated carbocycles. The molecule has 112 valence electrons. The van der Waals surface area contributed by atoms with Crippen LogP contribution in [0.15, 0.2) is 30.3 Å². The molecule has 0 spiro atoms. The summed E-state index contributed by atoms with van der Waals surface area (Å²) in [5.74, 6) is -0.388. The summed E-state index contributed by atoms with van der Waals surface area (Å²) in [4.78, 5) is 27.2. The van der Waals surface area contributed by atoms with Crippen molar-refractivity contribution in [3.63, 3.8) is 0 Å². The Labute approximate surface area is 128 Å². The summed E-state index contributed by atoms with van der Waals surface area (Å²) < 4.78 is 0. The molecule has 3 N–H and O–H groups in total. The minimum absolute atomic E-state index is 0.0257. The van der Waals surface area contributed by atoms with E-state index in [0.717, 1.165) is 31.3 Å². The molecule has 2 aliphatic rings. The molecule has 2 heterocycles. The number of benzene rings is 2. The zero-order chi connectivity index (χ0) is 15.3. The molecule has 0 unspecified atom stereocenters. The summed E-state index contributed by atoms with van der Waals surface area (Å²) in [6.45, 7) is 1.67. The maximum absolute atomic E-state index is 12.9. The molecule has 0 atom stereocenters. The van der Waals surface area contributed by atoms with Crippen LogP contribution in [0.5, 0.6) is 0 Å². The van der Waals surface area contributed by atoms with Gasteiger partial charge in [0.1, 0.15) is 0 Å². The average Bonchev–Trinajstić information content (AvgIpc) is 2.55. The first-order valence-electron chi connectivity index (χ1n) is 7.58. The summed E-state index contributed by atoms with van der Waals surface area (Å²) in [6.07, 6.45) is 1.61. The number of carbonyl (C=O) groups is 2. The molecule has 0 aromatic heterocycles. The van der Waals surface area contributed by atoms with Gasteiger partial charge in [-0.05, 0) is 44.1 Å². The molecule has 1 saturated heterocycles. The van der Waals surface area contributed by atoms with Crippen molar-refractivity contribution >= 4 is 28.3 Å². The molecule has 2 aliphatic heterocycles. The van der Waals surface area contributed by atoms with E-state index >= 15 is 0 Å². The number of rotatable bonds is 1. The SMILES string of the molecule is Nc1ccc2c3c(cccc13)C(=O)N(C1CCNCC1)C2=O. The smallest absolute Gasteiger partial charge is 0.261 e. The Morgan fingerprint density at radius 2 is 1.68 bits per heavy atom. The molecule has 22 heavy (non-hydrogen) atoms. The van der Waals surface area contributed by atoms with Crippen molar-refractivity contribution in [1.29, 1.82) is 0 Å². The van der Waals surface area contributed by atoms with Gasteiger partial charge in [0, 0.05) is 33.6 Å². The van der Waals surface area contributed by atoms with Gasteiger partial charge < -0.3 is 11.1 Å². The van der Waals surface area contributed by atoms with Crippen LogP contribution < -0.4 is 11.1 Å². The predicted molar refractivity (Wildman–Crippen MR) is 84.8 cm³/mol. The van der Waals surface area contributed by atoms with Crippen LogP contribution in [-0.2, 0) is 0 Å². The highest BCUT2D eigenvalue weighted by Gasteiger charge is 2.37. The number of imide groups is 1. The van der Waals surface area contributed by atoms with Crippen LogP contribution in [0.1, 0.15) is 33.6 Å². The highest BCUT2D eigenvalue weighted by Crippen LogP contribution is 2.34. The van der Waals surface area contributed by atoms with Crippen molar-refractivity contribution in [3.8, 4) is 0 Å². The van der Waals surface area contributed by atoms with Crippen molar-refractivity contribution in [1.82, 2.24) is 10.2 Å². The molecule has 0 aliphatic carbocycles. The van der Waals surface area contributed by atoms with E-state index in [9.17, 15) is 9.59 Å². The fourth-order valence-electron chi connectivity index (χ4n) is 3.53. The van der Waals surface area contributed by atoms with Gasteiger partial charge >= 0.3 is 0 Å². The Kier molecular flexibility index (Phi) is 2.90. The first kappa shape index (κ1) is 13.3. The molecule has 5 heteroatoms. The first-order valence-corrected chi connectivity index (χ1v) is 7.58. The third kappa shape index (κ3) is 1.75. The zero-order valence-electron chi connectivity index (χ0n) is 12.1. The highest BCUT2D eigenvalue weighted by atomic mass is 16.2. The Balaban J connectivity index is 1.91. The van der Waals surface area contributed by atoms with E-state index in [-0.39, 0.29) is 17.9 Å². The Morgan fingerprint density at radius 1 is 1.00 bits per heavy atom. The van der Waals surface area contributed by atoms with Gasteiger partial charge in [0.25, 0.3) is 11.8 Å². The van der Waals surface area contributed by atoms with E-state index in [0.29, 0.717) is 22.2 Å². The first-order chi connectivity index (χ1) is 10.7. The van der Waals surface area contributed by atoms with Crippen molar-refractivity contribution in [2.75, 3.05) is 18.8 Å². The summed E-state index contributed by atoms with van der Waals surface area (Å²) >= 11 is 0. The maximum atomic E-state index is 12.9. The Bertz CT molecular complexity index is 772. The normalized spacial score (nSPS) is 19.0. The number of carbonyl (C=O) groups excluding carboxylic acids is 2. The van der Waals surface area contributed by atoms with Crippen LogP contribution in [0.4, 0.5) is 5.69 Å². The van der Waals surface area contributed by atoms with E-state index in [1.165, 1.54) is 4.90 Å². The van der Waals surface area contributed by atoms with Crippen LogP contribution >= 0.6 is 0 Å². The van der Waals surface area contributed by atoms with Crippen LogP contribution in [0.3, 0.4) is 0 Å². The quantitative estimate of drug-likeness (QED) is 0.621. The number of anilines is 1. The van der Waals surface area contributed by atoms with Gasteiger partial charge in [-0.25, -0.2) is 0 Å². The molecule has 0 bridgehead atoms. The number of amides is 2. The predicted octanol–water partition coefficient (Wildman–Crippen LogP) is 1.77. The van der Waals surface area contributed by atoms with Gasteiger partial charge in [-0.1, -0.05) is 12.1 Å². The van der Waals surface area contributed by atoms with E-state index in [1.807, 2.05) is 12.1 Å². The molecule has 1 fully saturated rings. The van der Waals surface area contributed by atoms with Gasteiger partial charge in [0.15, 0.2) is 0 Å². The van der Waals surface area contributed by atoms with Gasteiger partial charge in [-0.15, -0.1) is 0 Å². The second-order valence-electron chi connectivity index (χ2n) is 5.89. The van der Waals surface area contributed by atoms with E-state index in [4.69, 9.17) is 5.73 Å². The standard InChI is InChI=1S/C17H17N3O2/c18-14-5-4-13-15-11(14)2-1-3-12(15)16(21)20(17(13)22)10-6-8-19-9-7-10/h1-5,10,19H,6-9,18H2. The number of nitrogens with zero attached hydrogens (tertiary/aromatic N) is 1. The lowest BCUT2D eigenvalue weighted by molar-refractivity contribution is 0.0510. The summed E-state index contributed by atoms with van der Waals surface area (Å²) in [5, 5.41) is 4.74. The van der Waals surface area contributed by atoms with Crippen LogP contribution in [0, 0.1) is 0 Å².